The van der Waals surface area contributed by atoms with Crippen molar-refractivity contribution in [2.24, 2.45) is 0 Å². The van der Waals surface area contributed by atoms with Gasteiger partial charge in [0.1, 0.15) is 0 Å². The number of hydrogen-bond acceptors (Lipinski definition) is 3. The summed E-state index contributed by atoms with van der Waals surface area (Å²) >= 11 is 11.9. The molecule has 25 heavy (non-hydrogen) atoms. The molecule has 0 saturated heterocycles. The van der Waals surface area contributed by atoms with Crippen LogP contribution >= 0.6 is 23.2 Å². The molecule has 1 N–H and O–H groups in total. The number of anilines is 2. The Hall–Kier alpha value is -2.69. The number of benzene rings is 3. The summed E-state index contributed by atoms with van der Waals surface area (Å²) in [6.07, 6.45) is 0. The Morgan fingerprint density at radius 1 is 0.880 bits per heavy atom. The number of amides is 1. The fourth-order valence-corrected chi connectivity index (χ4v) is 3.23. The number of carbonyl (C=O) groups is 1. The summed E-state index contributed by atoms with van der Waals surface area (Å²) in [7, 11) is 0. The molecule has 1 aliphatic heterocycles. The van der Waals surface area contributed by atoms with Crippen LogP contribution in [-0.4, -0.2) is 11.0 Å². The van der Waals surface area contributed by atoms with Gasteiger partial charge in [-0.05, 0) is 36.4 Å². The lowest BCUT2D eigenvalue weighted by Gasteiger charge is -2.31. The lowest BCUT2D eigenvalue weighted by Crippen LogP contribution is -2.28. The van der Waals surface area contributed by atoms with Gasteiger partial charge in [0.2, 0.25) is 0 Å². The van der Waals surface area contributed by atoms with Crippen LogP contribution in [0.4, 0.5) is 11.4 Å². The first-order chi connectivity index (χ1) is 12.1. The van der Waals surface area contributed by atoms with Crippen molar-refractivity contribution < 1.29 is 14.6 Å². The van der Waals surface area contributed by atoms with Crippen LogP contribution in [0.1, 0.15) is 10.4 Å². The zero-order valence-electron chi connectivity index (χ0n) is 12.7. The van der Waals surface area contributed by atoms with Gasteiger partial charge < -0.3 is 9.84 Å². The van der Waals surface area contributed by atoms with Crippen molar-refractivity contribution in [2.45, 2.75) is 0 Å². The van der Waals surface area contributed by atoms with Gasteiger partial charge in [0.15, 0.2) is 17.2 Å². The largest absolute Gasteiger partial charge is 0.505 e. The van der Waals surface area contributed by atoms with Crippen LogP contribution in [0.5, 0.6) is 17.2 Å². The van der Waals surface area contributed by atoms with Gasteiger partial charge in [-0.1, -0.05) is 47.5 Å². The molecule has 0 saturated carbocycles. The van der Waals surface area contributed by atoms with Crippen molar-refractivity contribution in [1.82, 2.24) is 0 Å². The lowest BCUT2D eigenvalue weighted by molar-refractivity contribution is 0.0997. The van der Waals surface area contributed by atoms with E-state index in [1.54, 1.807) is 29.2 Å². The van der Waals surface area contributed by atoms with E-state index in [2.05, 4.69) is 0 Å². The van der Waals surface area contributed by atoms with Crippen LogP contribution in [0.25, 0.3) is 0 Å². The van der Waals surface area contributed by atoms with E-state index in [-0.39, 0.29) is 27.3 Å². The maximum absolute atomic E-state index is 13.2. The molecule has 0 aromatic heterocycles. The highest BCUT2D eigenvalue weighted by Crippen LogP contribution is 2.47. The normalized spacial score (nSPS) is 12.2. The third-order valence-electron chi connectivity index (χ3n) is 3.90. The molecule has 0 bridgehead atoms. The Morgan fingerprint density at radius 2 is 1.36 bits per heavy atom. The number of aromatic hydroxyl groups is 1. The monoisotopic (exact) mass is 371 g/mol. The third kappa shape index (κ3) is 2.60. The van der Waals surface area contributed by atoms with Gasteiger partial charge in [0.05, 0.1) is 21.4 Å². The number of phenolic OH excluding ortho intramolecular Hbond substituents is 1. The first-order valence-electron chi connectivity index (χ1n) is 7.44. The van der Waals surface area contributed by atoms with Crippen LogP contribution in [0.2, 0.25) is 10.0 Å². The highest BCUT2D eigenvalue weighted by Gasteiger charge is 2.30. The maximum atomic E-state index is 13.2. The van der Waals surface area contributed by atoms with Crippen molar-refractivity contribution in [1.29, 1.82) is 0 Å². The van der Waals surface area contributed by atoms with Crippen LogP contribution in [-0.2, 0) is 0 Å². The summed E-state index contributed by atoms with van der Waals surface area (Å²) in [6.45, 7) is 0. The van der Waals surface area contributed by atoms with E-state index in [1.165, 1.54) is 12.1 Å². The molecule has 1 amide bonds. The zero-order valence-corrected chi connectivity index (χ0v) is 14.3. The average Bonchev–Trinajstić information content (AvgIpc) is 2.63. The van der Waals surface area contributed by atoms with Gasteiger partial charge in [0, 0.05) is 5.56 Å². The number of para-hydroxylation sites is 4. The molecule has 0 atom stereocenters. The molecule has 0 radical (unpaired) electrons. The van der Waals surface area contributed by atoms with E-state index in [0.29, 0.717) is 22.9 Å². The van der Waals surface area contributed by atoms with Gasteiger partial charge in [-0.25, -0.2) is 0 Å². The SMILES string of the molecule is O=C(c1cc(Cl)c(O)c(Cl)c1)N1c2ccccc2Oc2ccccc21. The number of rotatable bonds is 1. The maximum Gasteiger partial charge on any atom is 0.263 e. The Kier molecular flexibility index (Phi) is 3.79. The molecule has 0 spiro atoms. The number of hydrogen-bond donors (Lipinski definition) is 1. The summed E-state index contributed by atoms with van der Waals surface area (Å²) in [6, 6.07) is 17.3. The molecule has 0 fully saturated rings. The molecule has 1 heterocycles. The van der Waals surface area contributed by atoms with Gasteiger partial charge in [-0.2, -0.15) is 0 Å². The minimum Gasteiger partial charge on any atom is -0.505 e. The van der Waals surface area contributed by atoms with E-state index < -0.39 is 0 Å². The number of ether oxygens (including phenoxy) is 1. The lowest BCUT2D eigenvalue weighted by atomic mass is 10.1. The van der Waals surface area contributed by atoms with E-state index in [0.717, 1.165) is 0 Å². The first kappa shape index (κ1) is 15.8. The molecule has 124 valence electrons. The Labute approximate surface area is 153 Å². The quantitative estimate of drug-likeness (QED) is 0.589. The smallest absolute Gasteiger partial charge is 0.263 e. The van der Waals surface area contributed by atoms with Crippen molar-refractivity contribution in [3.8, 4) is 17.2 Å². The van der Waals surface area contributed by atoms with E-state index in [4.69, 9.17) is 27.9 Å². The highest BCUT2D eigenvalue weighted by molar-refractivity contribution is 6.37. The summed E-state index contributed by atoms with van der Waals surface area (Å²) in [5.74, 6) is 0.575. The second-order valence-corrected chi connectivity index (χ2v) is 6.28. The standard InChI is InChI=1S/C19H11Cl2NO3/c20-12-9-11(10-13(21)18(12)23)19(24)22-14-5-1-3-7-16(14)25-17-8-4-2-6-15(17)22/h1-10,23H. The molecule has 1 aliphatic rings. The second-order valence-electron chi connectivity index (χ2n) is 5.47. The summed E-state index contributed by atoms with van der Waals surface area (Å²) in [5, 5.41) is 9.77. The van der Waals surface area contributed by atoms with Crippen LogP contribution in [0.15, 0.2) is 60.7 Å². The van der Waals surface area contributed by atoms with Crippen molar-refractivity contribution >= 4 is 40.5 Å². The predicted molar refractivity (Wildman–Crippen MR) is 97.6 cm³/mol. The van der Waals surface area contributed by atoms with Crippen LogP contribution < -0.4 is 9.64 Å². The topological polar surface area (TPSA) is 49.8 Å². The summed E-state index contributed by atoms with van der Waals surface area (Å²) < 4.78 is 5.87. The van der Waals surface area contributed by atoms with E-state index in [1.807, 2.05) is 24.3 Å². The number of phenols is 1. The van der Waals surface area contributed by atoms with E-state index in [9.17, 15) is 9.90 Å². The Balaban J connectivity index is 1.89. The molecule has 0 unspecified atom stereocenters. The molecule has 3 aromatic carbocycles. The van der Waals surface area contributed by atoms with Crippen molar-refractivity contribution in [3.63, 3.8) is 0 Å². The summed E-state index contributed by atoms with van der Waals surface area (Å²) in [4.78, 5) is 14.8. The summed E-state index contributed by atoms with van der Waals surface area (Å²) in [5.41, 5.74) is 1.50. The fourth-order valence-electron chi connectivity index (χ4n) is 2.74. The van der Waals surface area contributed by atoms with Crippen LogP contribution in [0.3, 0.4) is 0 Å². The second kappa shape index (κ2) is 5.99. The number of carbonyl (C=O) groups excluding carboxylic acids is 1. The Bertz CT molecular complexity index is 935. The zero-order chi connectivity index (χ0) is 17.6. The van der Waals surface area contributed by atoms with E-state index >= 15 is 0 Å². The molecule has 4 rings (SSSR count). The molecule has 3 aromatic rings. The fraction of sp³-hybridized carbons (Fsp3) is 0. The molecule has 6 heteroatoms. The van der Waals surface area contributed by atoms with Gasteiger partial charge in [0.25, 0.3) is 5.91 Å². The van der Waals surface area contributed by atoms with Gasteiger partial charge >= 0.3 is 0 Å². The van der Waals surface area contributed by atoms with Crippen molar-refractivity contribution in [3.05, 3.63) is 76.3 Å². The Morgan fingerprint density at radius 3 is 1.88 bits per heavy atom. The molecular weight excluding hydrogens is 361 g/mol. The number of halogens is 2. The first-order valence-corrected chi connectivity index (χ1v) is 8.20. The van der Waals surface area contributed by atoms with Crippen LogP contribution in [0, 0.1) is 0 Å². The molecular formula is C19H11Cl2NO3. The number of fused-ring (bicyclic) bond motifs is 2. The minimum absolute atomic E-state index is 0.0191. The average molecular weight is 372 g/mol. The predicted octanol–water partition coefficient (Wildman–Crippen LogP) is 5.78. The number of nitrogens with zero attached hydrogens (tertiary/aromatic N) is 1. The minimum atomic E-state index is -0.327. The highest BCUT2D eigenvalue weighted by atomic mass is 35.5. The van der Waals surface area contributed by atoms with Crippen molar-refractivity contribution in [2.75, 3.05) is 4.90 Å². The third-order valence-corrected chi connectivity index (χ3v) is 4.48. The van der Waals surface area contributed by atoms with Gasteiger partial charge in [-0.15, -0.1) is 0 Å². The molecule has 0 aliphatic carbocycles. The van der Waals surface area contributed by atoms with Gasteiger partial charge in [-0.3, -0.25) is 9.69 Å². The molecule has 4 nitrogen and oxygen atoms in total.